The monoisotopic (exact) mass is 520 g/mol. The smallest absolute Gasteiger partial charge is 0.343 e. The number of aromatic hydroxyl groups is 1. The first kappa shape index (κ1) is 25.3. The molecule has 5 aromatic carbocycles. The van der Waals surface area contributed by atoms with Gasteiger partial charge in [-0.1, -0.05) is 54.6 Å². The number of hydrazone groups is 1. The number of hydrogen-bond acceptors (Lipinski definition) is 7. The normalized spacial score (nSPS) is 11.0. The van der Waals surface area contributed by atoms with Crippen molar-refractivity contribution in [3.8, 4) is 23.0 Å². The van der Waals surface area contributed by atoms with E-state index in [9.17, 15) is 14.7 Å². The number of carbonyl (C=O) groups is 2. The number of amides is 1. The summed E-state index contributed by atoms with van der Waals surface area (Å²) in [5.41, 5.74) is 3.30. The number of benzene rings is 5. The van der Waals surface area contributed by atoms with E-state index in [1.807, 2.05) is 54.6 Å². The van der Waals surface area contributed by atoms with Crippen molar-refractivity contribution in [2.24, 2.45) is 5.10 Å². The molecule has 2 N–H and O–H groups in total. The zero-order valence-corrected chi connectivity index (χ0v) is 21.2. The number of hydrogen-bond donors (Lipinski definition) is 2. The quantitative estimate of drug-likeness (QED) is 0.123. The Hall–Kier alpha value is -5.37. The Balaban J connectivity index is 1.43. The van der Waals surface area contributed by atoms with Gasteiger partial charge in [-0.3, -0.25) is 4.79 Å². The Kier molecular flexibility index (Phi) is 7.09. The average Bonchev–Trinajstić information content (AvgIpc) is 2.97. The van der Waals surface area contributed by atoms with Crippen LogP contribution >= 0.6 is 0 Å². The number of fused-ring (bicyclic) bond motifs is 2. The lowest BCUT2D eigenvalue weighted by molar-refractivity contribution is 0.0734. The summed E-state index contributed by atoms with van der Waals surface area (Å²) >= 11 is 0. The van der Waals surface area contributed by atoms with Crippen LogP contribution in [-0.4, -0.2) is 37.4 Å². The number of methoxy groups -OCH3 is 2. The Bertz CT molecular complexity index is 1750. The van der Waals surface area contributed by atoms with Gasteiger partial charge in [-0.25, -0.2) is 10.2 Å². The van der Waals surface area contributed by atoms with Crippen LogP contribution in [0.2, 0.25) is 0 Å². The van der Waals surface area contributed by atoms with Gasteiger partial charge in [0.1, 0.15) is 11.5 Å². The summed E-state index contributed by atoms with van der Waals surface area (Å²) in [6.45, 7) is 0. The lowest BCUT2D eigenvalue weighted by Crippen LogP contribution is -2.18. The third-order valence-electron chi connectivity index (χ3n) is 6.22. The molecule has 0 atom stereocenters. The second kappa shape index (κ2) is 10.9. The van der Waals surface area contributed by atoms with Crippen LogP contribution < -0.4 is 19.6 Å². The van der Waals surface area contributed by atoms with E-state index in [1.165, 1.54) is 32.6 Å². The molecular formula is C31H24N2O6. The van der Waals surface area contributed by atoms with Gasteiger partial charge in [0.15, 0.2) is 11.5 Å². The van der Waals surface area contributed by atoms with Gasteiger partial charge in [0.2, 0.25) is 0 Å². The van der Waals surface area contributed by atoms with Gasteiger partial charge >= 0.3 is 5.97 Å². The second-order valence-electron chi connectivity index (χ2n) is 8.57. The summed E-state index contributed by atoms with van der Waals surface area (Å²) in [6, 6.07) is 26.3. The van der Waals surface area contributed by atoms with Crippen molar-refractivity contribution in [3.05, 3.63) is 108 Å². The van der Waals surface area contributed by atoms with Crippen LogP contribution in [0.25, 0.3) is 21.5 Å². The number of rotatable bonds is 7. The minimum absolute atomic E-state index is 0.0869. The number of phenols is 1. The minimum atomic E-state index is -0.606. The van der Waals surface area contributed by atoms with Crippen LogP contribution in [0.15, 0.2) is 96.1 Å². The van der Waals surface area contributed by atoms with E-state index >= 15 is 0 Å². The molecule has 0 aromatic heterocycles. The van der Waals surface area contributed by atoms with Gasteiger partial charge in [-0.05, 0) is 57.9 Å². The molecule has 8 heteroatoms. The summed E-state index contributed by atoms with van der Waals surface area (Å²) in [6.07, 6.45) is 1.41. The van der Waals surface area contributed by atoms with Crippen LogP contribution in [0, 0.1) is 0 Å². The van der Waals surface area contributed by atoms with Gasteiger partial charge in [-0.2, -0.15) is 5.10 Å². The third-order valence-corrected chi connectivity index (χ3v) is 6.22. The highest BCUT2D eigenvalue weighted by Gasteiger charge is 2.17. The van der Waals surface area contributed by atoms with Crippen molar-refractivity contribution in [1.82, 2.24) is 5.43 Å². The predicted molar refractivity (Wildman–Crippen MR) is 149 cm³/mol. The minimum Gasteiger partial charge on any atom is -0.507 e. The molecule has 0 fully saturated rings. The van der Waals surface area contributed by atoms with Gasteiger partial charge < -0.3 is 19.3 Å². The highest BCUT2D eigenvalue weighted by molar-refractivity contribution is 6.05. The molecule has 0 aliphatic heterocycles. The zero-order valence-electron chi connectivity index (χ0n) is 21.2. The maximum absolute atomic E-state index is 13.0. The predicted octanol–water partition coefficient (Wildman–Crippen LogP) is 5.70. The zero-order chi connectivity index (χ0) is 27.4. The van der Waals surface area contributed by atoms with Crippen molar-refractivity contribution in [2.75, 3.05) is 14.2 Å². The van der Waals surface area contributed by atoms with Gasteiger partial charge in [0.05, 0.1) is 31.6 Å². The molecule has 0 spiro atoms. The number of nitrogens with zero attached hydrogens (tertiary/aromatic N) is 1. The van der Waals surface area contributed by atoms with Crippen LogP contribution in [0.1, 0.15) is 26.3 Å². The van der Waals surface area contributed by atoms with E-state index in [-0.39, 0.29) is 22.6 Å². The van der Waals surface area contributed by atoms with Crippen LogP contribution in [0.4, 0.5) is 0 Å². The van der Waals surface area contributed by atoms with Crippen molar-refractivity contribution >= 4 is 39.6 Å². The molecule has 0 saturated heterocycles. The average molecular weight is 521 g/mol. The lowest BCUT2D eigenvalue weighted by atomic mass is 10.0. The fourth-order valence-electron chi connectivity index (χ4n) is 4.25. The van der Waals surface area contributed by atoms with Crippen molar-refractivity contribution < 1.29 is 28.9 Å². The number of phenolic OH excluding ortho intramolecular Hbond substituents is 1. The number of nitrogens with one attached hydrogen (secondary N) is 1. The standard InChI is InChI=1S/C31H24N2O6/c1-37-28-14-12-22(17-29(28)38-2)31(36)39-27-13-11-19-7-5-6-10-23(19)25(27)18-32-33-30(35)24-15-20-8-3-4-9-21(20)16-26(24)34/h3-18,34H,1-2H3,(H,33,35). The first-order chi connectivity index (χ1) is 19.0. The molecule has 0 aliphatic rings. The van der Waals surface area contributed by atoms with E-state index in [2.05, 4.69) is 10.5 Å². The highest BCUT2D eigenvalue weighted by Crippen LogP contribution is 2.30. The molecule has 0 heterocycles. The van der Waals surface area contributed by atoms with E-state index in [4.69, 9.17) is 14.2 Å². The first-order valence-electron chi connectivity index (χ1n) is 12.0. The molecular weight excluding hydrogens is 496 g/mol. The largest absolute Gasteiger partial charge is 0.507 e. The fraction of sp³-hybridized carbons (Fsp3) is 0.0645. The van der Waals surface area contributed by atoms with E-state index in [0.29, 0.717) is 17.1 Å². The Morgan fingerprint density at radius 3 is 2.18 bits per heavy atom. The molecule has 5 aromatic rings. The first-order valence-corrected chi connectivity index (χ1v) is 12.0. The molecule has 8 nitrogen and oxygen atoms in total. The lowest BCUT2D eigenvalue weighted by Gasteiger charge is -2.12. The molecule has 0 unspecified atom stereocenters. The molecule has 194 valence electrons. The van der Waals surface area contributed by atoms with Crippen molar-refractivity contribution in [2.45, 2.75) is 0 Å². The van der Waals surface area contributed by atoms with E-state index in [0.717, 1.165) is 21.5 Å². The summed E-state index contributed by atoms with van der Waals surface area (Å²) in [7, 11) is 2.99. The molecule has 1 amide bonds. The molecule has 0 saturated carbocycles. The van der Waals surface area contributed by atoms with E-state index < -0.39 is 11.9 Å². The second-order valence-corrected chi connectivity index (χ2v) is 8.57. The van der Waals surface area contributed by atoms with E-state index in [1.54, 1.807) is 24.3 Å². The third kappa shape index (κ3) is 5.21. The molecule has 39 heavy (non-hydrogen) atoms. The summed E-state index contributed by atoms with van der Waals surface area (Å²) < 4.78 is 16.3. The van der Waals surface area contributed by atoms with Gasteiger partial charge in [-0.15, -0.1) is 0 Å². The topological polar surface area (TPSA) is 106 Å². The van der Waals surface area contributed by atoms with Crippen LogP contribution in [0.3, 0.4) is 0 Å². The number of ether oxygens (including phenoxy) is 3. The SMILES string of the molecule is COc1ccc(C(=O)Oc2ccc3ccccc3c2C=NNC(=O)c2cc3ccccc3cc2O)cc1OC. The van der Waals surface area contributed by atoms with Crippen LogP contribution in [-0.2, 0) is 0 Å². The molecule has 5 rings (SSSR count). The van der Waals surface area contributed by atoms with Gasteiger partial charge in [0, 0.05) is 5.56 Å². The summed E-state index contributed by atoms with van der Waals surface area (Å²) in [5, 5.41) is 17.8. The highest BCUT2D eigenvalue weighted by atomic mass is 16.5. The number of carbonyl (C=O) groups excluding carboxylic acids is 2. The van der Waals surface area contributed by atoms with Crippen molar-refractivity contribution in [1.29, 1.82) is 0 Å². The Morgan fingerprint density at radius 2 is 1.44 bits per heavy atom. The molecule has 0 aliphatic carbocycles. The summed E-state index contributed by atoms with van der Waals surface area (Å²) in [5.74, 6) is -0.214. The fourth-order valence-corrected chi connectivity index (χ4v) is 4.25. The summed E-state index contributed by atoms with van der Waals surface area (Å²) in [4.78, 5) is 25.9. The van der Waals surface area contributed by atoms with Crippen LogP contribution in [0.5, 0.6) is 23.0 Å². The number of esters is 1. The Labute approximate surface area is 224 Å². The molecule has 0 bridgehead atoms. The maximum atomic E-state index is 13.0. The van der Waals surface area contributed by atoms with Gasteiger partial charge in [0.25, 0.3) is 5.91 Å². The maximum Gasteiger partial charge on any atom is 0.343 e. The van der Waals surface area contributed by atoms with Crippen molar-refractivity contribution in [3.63, 3.8) is 0 Å². The Morgan fingerprint density at radius 1 is 0.769 bits per heavy atom. The molecule has 0 radical (unpaired) electrons.